The van der Waals surface area contributed by atoms with Crippen molar-refractivity contribution < 1.29 is 18.7 Å². The molecule has 0 aliphatic heterocycles. The van der Waals surface area contributed by atoms with Crippen molar-refractivity contribution in [1.82, 2.24) is 5.32 Å². The first-order chi connectivity index (χ1) is 9.56. The minimum Gasteiger partial charge on any atom is -0.467 e. The Balaban J connectivity index is 1.83. The first-order valence-electron chi connectivity index (χ1n) is 6.14. The number of hydrogen-bond acceptors (Lipinski definition) is 5. The van der Waals surface area contributed by atoms with Crippen molar-refractivity contribution in [3.8, 4) is 0 Å². The Labute approximate surface area is 120 Å². The standard InChI is InChI=1S/C14H15NO4S/c1-9-5-6-12(20-9)14(17)19-10(2)13(16)15-8-11-4-3-7-18-11/h3-7,10H,8H2,1-2H3,(H,15,16). The smallest absolute Gasteiger partial charge is 0.349 e. The Morgan fingerprint density at radius 2 is 2.20 bits per heavy atom. The number of amides is 1. The third-order valence-electron chi connectivity index (χ3n) is 2.61. The van der Waals surface area contributed by atoms with Crippen LogP contribution < -0.4 is 5.32 Å². The normalized spacial score (nSPS) is 11.9. The van der Waals surface area contributed by atoms with Gasteiger partial charge in [0.05, 0.1) is 12.8 Å². The third kappa shape index (κ3) is 3.71. The first-order valence-corrected chi connectivity index (χ1v) is 6.95. The summed E-state index contributed by atoms with van der Waals surface area (Å²) in [4.78, 5) is 25.1. The molecule has 0 aliphatic carbocycles. The highest BCUT2D eigenvalue weighted by molar-refractivity contribution is 7.13. The van der Waals surface area contributed by atoms with E-state index >= 15 is 0 Å². The highest BCUT2D eigenvalue weighted by atomic mass is 32.1. The minimum atomic E-state index is -0.847. The van der Waals surface area contributed by atoms with Crippen molar-refractivity contribution in [2.24, 2.45) is 0 Å². The van der Waals surface area contributed by atoms with Gasteiger partial charge in [-0.3, -0.25) is 4.79 Å². The van der Waals surface area contributed by atoms with Crippen LogP contribution in [0.4, 0.5) is 0 Å². The topological polar surface area (TPSA) is 68.5 Å². The van der Waals surface area contributed by atoms with Gasteiger partial charge in [0.1, 0.15) is 10.6 Å². The molecule has 0 aliphatic rings. The van der Waals surface area contributed by atoms with Crippen molar-refractivity contribution in [2.75, 3.05) is 0 Å². The second kappa shape index (κ2) is 6.38. The molecule has 2 aromatic rings. The Kier molecular flexibility index (Phi) is 4.57. The van der Waals surface area contributed by atoms with E-state index in [9.17, 15) is 9.59 Å². The van der Waals surface area contributed by atoms with Crippen LogP contribution in [0.15, 0.2) is 34.9 Å². The first kappa shape index (κ1) is 14.3. The molecule has 2 rings (SSSR count). The number of carbonyl (C=O) groups excluding carboxylic acids is 2. The highest BCUT2D eigenvalue weighted by Crippen LogP contribution is 2.16. The summed E-state index contributed by atoms with van der Waals surface area (Å²) in [5.41, 5.74) is 0. The largest absolute Gasteiger partial charge is 0.467 e. The second-order valence-corrected chi connectivity index (χ2v) is 5.54. The summed E-state index contributed by atoms with van der Waals surface area (Å²) in [6.07, 6.45) is 0.684. The predicted molar refractivity (Wildman–Crippen MR) is 74.5 cm³/mol. The van der Waals surface area contributed by atoms with Gasteiger partial charge < -0.3 is 14.5 Å². The third-order valence-corrected chi connectivity index (χ3v) is 3.59. The van der Waals surface area contributed by atoms with Gasteiger partial charge in [-0.25, -0.2) is 4.79 Å². The summed E-state index contributed by atoms with van der Waals surface area (Å²) in [6, 6.07) is 7.02. The van der Waals surface area contributed by atoms with Crippen LogP contribution in [-0.2, 0) is 16.1 Å². The van der Waals surface area contributed by atoms with Crippen LogP contribution in [0.2, 0.25) is 0 Å². The van der Waals surface area contributed by atoms with E-state index in [2.05, 4.69) is 5.32 Å². The number of thiophene rings is 1. The molecular formula is C14H15NO4S. The highest BCUT2D eigenvalue weighted by Gasteiger charge is 2.19. The van der Waals surface area contributed by atoms with E-state index < -0.39 is 12.1 Å². The maximum absolute atomic E-state index is 11.8. The van der Waals surface area contributed by atoms with Crippen LogP contribution in [0.25, 0.3) is 0 Å². The lowest BCUT2D eigenvalue weighted by Gasteiger charge is -2.12. The van der Waals surface area contributed by atoms with Crippen LogP contribution in [0.1, 0.15) is 27.2 Å². The van der Waals surface area contributed by atoms with Gasteiger partial charge in [-0.05, 0) is 38.1 Å². The van der Waals surface area contributed by atoms with Gasteiger partial charge in [-0.1, -0.05) is 0 Å². The molecule has 106 valence electrons. The van der Waals surface area contributed by atoms with Crippen LogP contribution in [0, 0.1) is 6.92 Å². The van der Waals surface area contributed by atoms with Crippen LogP contribution in [-0.4, -0.2) is 18.0 Å². The fraction of sp³-hybridized carbons (Fsp3) is 0.286. The molecule has 2 aromatic heterocycles. The fourth-order valence-corrected chi connectivity index (χ4v) is 2.30. The zero-order valence-corrected chi connectivity index (χ0v) is 12.0. The molecule has 2 heterocycles. The molecule has 1 amide bonds. The molecule has 0 aromatic carbocycles. The van der Waals surface area contributed by atoms with E-state index in [0.717, 1.165) is 4.88 Å². The van der Waals surface area contributed by atoms with E-state index in [4.69, 9.17) is 9.15 Å². The molecule has 0 saturated carbocycles. The van der Waals surface area contributed by atoms with E-state index in [1.54, 1.807) is 18.2 Å². The Morgan fingerprint density at radius 3 is 2.80 bits per heavy atom. The van der Waals surface area contributed by atoms with Crippen LogP contribution >= 0.6 is 11.3 Å². The number of ether oxygens (including phenoxy) is 1. The number of nitrogens with one attached hydrogen (secondary N) is 1. The number of esters is 1. The predicted octanol–water partition coefficient (Wildman–Crippen LogP) is 2.51. The van der Waals surface area contributed by atoms with Crippen molar-refractivity contribution in [3.05, 3.63) is 46.0 Å². The van der Waals surface area contributed by atoms with E-state index in [0.29, 0.717) is 10.6 Å². The van der Waals surface area contributed by atoms with Gasteiger partial charge in [0.25, 0.3) is 5.91 Å². The summed E-state index contributed by atoms with van der Waals surface area (Å²) in [5, 5.41) is 2.64. The number of rotatable bonds is 5. The number of aryl methyl sites for hydroxylation is 1. The van der Waals surface area contributed by atoms with Crippen molar-refractivity contribution in [3.63, 3.8) is 0 Å². The number of furan rings is 1. The van der Waals surface area contributed by atoms with Crippen LogP contribution in [0.5, 0.6) is 0 Å². The Morgan fingerprint density at radius 1 is 1.40 bits per heavy atom. The average molecular weight is 293 g/mol. The molecule has 0 radical (unpaired) electrons. The van der Waals surface area contributed by atoms with Crippen molar-refractivity contribution in [2.45, 2.75) is 26.5 Å². The van der Waals surface area contributed by atoms with Crippen molar-refractivity contribution >= 4 is 23.2 Å². The van der Waals surface area contributed by atoms with E-state index in [-0.39, 0.29) is 12.5 Å². The number of carbonyl (C=O) groups is 2. The molecule has 6 heteroatoms. The molecular weight excluding hydrogens is 278 g/mol. The Bertz CT molecular complexity index is 588. The van der Waals surface area contributed by atoms with E-state index in [1.807, 2.05) is 13.0 Å². The van der Waals surface area contributed by atoms with Gasteiger partial charge in [0.2, 0.25) is 0 Å². The Hall–Kier alpha value is -2.08. The number of hydrogen-bond donors (Lipinski definition) is 1. The monoisotopic (exact) mass is 293 g/mol. The second-order valence-electron chi connectivity index (χ2n) is 4.26. The van der Waals surface area contributed by atoms with E-state index in [1.165, 1.54) is 24.5 Å². The lowest BCUT2D eigenvalue weighted by Crippen LogP contribution is -2.35. The lowest BCUT2D eigenvalue weighted by atomic mass is 10.3. The quantitative estimate of drug-likeness (QED) is 0.860. The van der Waals surface area contributed by atoms with Crippen molar-refractivity contribution in [1.29, 1.82) is 0 Å². The summed E-state index contributed by atoms with van der Waals surface area (Å²) in [6.45, 7) is 3.71. The summed E-state index contributed by atoms with van der Waals surface area (Å²) in [5.74, 6) is -0.197. The van der Waals surface area contributed by atoms with Gasteiger partial charge in [-0.15, -0.1) is 11.3 Å². The summed E-state index contributed by atoms with van der Waals surface area (Å²) in [7, 11) is 0. The van der Waals surface area contributed by atoms with Gasteiger partial charge in [0.15, 0.2) is 6.10 Å². The lowest BCUT2D eigenvalue weighted by molar-refractivity contribution is -0.129. The molecule has 5 nitrogen and oxygen atoms in total. The molecule has 1 N–H and O–H groups in total. The molecule has 1 atom stereocenters. The van der Waals surface area contributed by atoms with Gasteiger partial charge in [-0.2, -0.15) is 0 Å². The maximum atomic E-state index is 11.8. The fourth-order valence-electron chi connectivity index (χ4n) is 1.55. The molecule has 0 saturated heterocycles. The molecule has 0 spiro atoms. The summed E-state index contributed by atoms with van der Waals surface area (Å²) >= 11 is 1.34. The van der Waals surface area contributed by atoms with Gasteiger partial charge >= 0.3 is 5.97 Å². The molecule has 0 bridgehead atoms. The maximum Gasteiger partial charge on any atom is 0.349 e. The minimum absolute atomic E-state index is 0.270. The SMILES string of the molecule is Cc1ccc(C(=O)OC(C)C(=O)NCc2ccco2)s1. The zero-order valence-electron chi connectivity index (χ0n) is 11.2. The molecule has 0 fully saturated rings. The summed E-state index contributed by atoms with van der Waals surface area (Å²) < 4.78 is 10.2. The molecule has 20 heavy (non-hydrogen) atoms. The molecule has 1 unspecified atom stereocenters. The van der Waals surface area contributed by atoms with Crippen LogP contribution in [0.3, 0.4) is 0 Å². The van der Waals surface area contributed by atoms with Gasteiger partial charge in [0, 0.05) is 4.88 Å². The average Bonchev–Trinajstić information content (AvgIpc) is 3.06. The zero-order chi connectivity index (χ0) is 14.5.